The molecule has 224 valence electrons. The maximum absolute atomic E-state index is 5.19. The largest absolute Gasteiger partial charge is 0.256 e. The molecule has 0 N–H and O–H groups in total. The Hall–Kier alpha value is -6.52. The van der Waals surface area contributed by atoms with Crippen molar-refractivity contribution in [1.82, 2.24) is 19.9 Å². The highest BCUT2D eigenvalue weighted by atomic mass is 14.9. The first-order valence-electron chi connectivity index (χ1n) is 16.1. The predicted molar refractivity (Wildman–Crippen MR) is 197 cm³/mol. The Morgan fingerprint density at radius 2 is 1.00 bits per heavy atom. The summed E-state index contributed by atoms with van der Waals surface area (Å²) < 4.78 is 0. The van der Waals surface area contributed by atoms with Gasteiger partial charge in [0, 0.05) is 44.6 Å². The van der Waals surface area contributed by atoms with Gasteiger partial charge in [-0.1, -0.05) is 121 Å². The zero-order valence-electron chi connectivity index (χ0n) is 26.0. The molecule has 0 aliphatic rings. The number of aromatic nitrogens is 4. The van der Waals surface area contributed by atoms with Crippen molar-refractivity contribution in [1.29, 1.82) is 0 Å². The Balaban J connectivity index is 1.16. The Labute approximate surface area is 278 Å². The Bertz CT molecular complexity index is 2610. The van der Waals surface area contributed by atoms with Crippen molar-refractivity contribution in [3.63, 3.8) is 0 Å². The van der Waals surface area contributed by atoms with Crippen LogP contribution >= 0.6 is 0 Å². The number of hydrogen-bond acceptors (Lipinski definition) is 4. The molecule has 0 fully saturated rings. The van der Waals surface area contributed by atoms with E-state index in [1.54, 1.807) is 0 Å². The molecule has 0 radical (unpaired) electrons. The second-order valence-electron chi connectivity index (χ2n) is 11.9. The van der Waals surface area contributed by atoms with Crippen LogP contribution in [0.1, 0.15) is 0 Å². The second-order valence-corrected chi connectivity index (χ2v) is 11.9. The van der Waals surface area contributed by atoms with Crippen LogP contribution in [0, 0.1) is 0 Å². The second kappa shape index (κ2) is 11.7. The fourth-order valence-electron chi connectivity index (χ4n) is 6.46. The van der Waals surface area contributed by atoms with E-state index in [9.17, 15) is 0 Å². The normalized spacial score (nSPS) is 11.3. The number of pyridine rings is 2. The molecule has 0 aliphatic carbocycles. The fraction of sp³-hybridized carbons (Fsp3) is 0. The molecule has 0 amide bonds. The lowest BCUT2D eigenvalue weighted by molar-refractivity contribution is 1.23. The van der Waals surface area contributed by atoms with Crippen molar-refractivity contribution in [2.24, 2.45) is 0 Å². The molecule has 3 aromatic heterocycles. The summed E-state index contributed by atoms with van der Waals surface area (Å²) in [5.74, 6) is 0.718. The summed E-state index contributed by atoms with van der Waals surface area (Å²) >= 11 is 0. The average molecular weight is 613 g/mol. The number of benzene rings is 6. The number of hydrogen-bond donors (Lipinski definition) is 0. The number of nitrogens with zero attached hydrogens (tertiary/aromatic N) is 4. The first-order chi connectivity index (χ1) is 23.8. The number of fused-ring (bicyclic) bond motifs is 4. The molecule has 4 nitrogen and oxygen atoms in total. The van der Waals surface area contributed by atoms with Crippen LogP contribution in [-0.2, 0) is 0 Å². The Morgan fingerprint density at radius 1 is 0.354 bits per heavy atom. The molecule has 0 saturated carbocycles. The van der Waals surface area contributed by atoms with Gasteiger partial charge in [-0.2, -0.15) is 0 Å². The van der Waals surface area contributed by atoms with E-state index >= 15 is 0 Å². The minimum atomic E-state index is 0.718. The molecular formula is C44H28N4. The van der Waals surface area contributed by atoms with Gasteiger partial charge in [0.1, 0.15) is 0 Å². The van der Waals surface area contributed by atoms with E-state index in [0.717, 1.165) is 88.9 Å². The van der Waals surface area contributed by atoms with Crippen LogP contribution in [0.3, 0.4) is 0 Å². The summed E-state index contributed by atoms with van der Waals surface area (Å²) in [6.07, 6.45) is 1.83. The summed E-state index contributed by atoms with van der Waals surface area (Å²) in [5.41, 5.74) is 11.1. The van der Waals surface area contributed by atoms with Crippen molar-refractivity contribution in [2.45, 2.75) is 0 Å². The molecule has 0 spiro atoms. The van der Waals surface area contributed by atoms with E-state index in [2.05, 4.69) is 138 Å². The van der Waals surface area contributed by atoms with Gasteiger partial charge in [-0.05, 0) is 59.0 Å². The summed E-state index contributed by atoms with van der Waals surface area (Å²) in [7, 11) is 0. The molecule has 0 aliphatic heterocycles. The molecule has 0 unspecified atom stereocenters. The molecule has 6 aromatic carbocycles. The maximum Gasteiger partial charge on any atom is 0.160 e. The van der Waals surface area contributed by atoms with Gasteiger partial charge in [-0.15, -0.1) is 0 Å². The quantitative estimate of drug-likeness (QED) is 0.181. The highest BCUT2D eigenvalue weighted by Crippen LogP contribution is 2.36. The van der Waals surface area contributed by atoms with Gasteiger partial charge < -0.3 is 0 Å². The van der Waals surface area contributed by atoms with Gasteiger partial charge in [0.05, 0.1) is 28.1 Å². The minimum absolute atomic E-state index is 0.718. The summed E-state index contributed by atoms with van der Waals surface area (Å²) in [6.45, 7) is 0. The van der Waals surface area contributed by atoms with Crippen LogP contribution in [0.4, 0.5) is 0 Å². The number of rotatable bonds is 5. The smallest absolute Gasteiger partial charge is 0.160 e. The van der Waals surface area contributed by atoms with E-state index in [0.29, 0.717) is 0 Å². The first kappa shape index (κ1) is 27.8. The zero-order valence-corrected chi connectivity index (χ0v) is 26.0. The highest BCUT2D eigenvalue weighted by Gasteiger charge is 2.15. The molecule has 9 rings (SSSR count). The van der Waals surface area contributed by atoms with E-state index in [1.807, 2.05) is 36.5 Å². The van der Waals surface area contributed by atoms with Crippen molar-refractivity contribution in [2.75, 3.05) is 0 Å². The van der Waals surface area contributed by atoms with Gasteiger partial charge in [-0.25, -0.2) is 15.0 Å². The van der Waals surface area contributed by atoms with Gasteiger partial charge in [0.15, 0.2) is 5.82 Å². The Kier molecular flexibility index (Phi) is 6.76. The maximum atomic E-state index is 5.19. The van der Waals surface area contributed by atoms with Crippen LogP contribution in [0.15, 0.2) is 170 Å². The molecular weight excluding hydrogens is 585 g/mol. The lowest BCUT2D eigenvalue weighted by Crippen LogP contribution is -1.96. The molecule has 4 heteroatoms. The zero-order chi connectivity index (χ0) is 31.9. The van der Waals surface area contributed by atoms with Crippen LogP contribution in [0.5, 0.6) is 0 Å². The predicted octanol–water partition coefficient (Wildman–Crippen LogP) is 11.1. The Morgan fingerprint density at radius 3 is 1.83 bits per heavy atom. The van der Waals surface area contributed by atoms with Gasteiger partial charge in [-0.3, -0.25) is 4.98 Å². The molecule has 0 atom stereocenters. The van der Waals surface area contributed by atoms with E-state index < -0.39 is 0 Å². The summed E-state index contributed by atoms with van der Waals surface area (Å²) in [6, 6.07) is 56.7. The summed E-state index contributed by atoms with van der Waals surface area (Å²) in [5, 5.41) is 4.38. The van der Waals surface area contributed by atoms with E-state index in [1.165, 1.54) is 0 Å². The molecule has 0 saturated heterocycles. The van der Waals surface area contributed by atoms with Gasteiger partial charge >= 0.3 is 0 Å². The van der Waals surface area contributed by atoms with Crippen molar-refractivity contribution < 1.29 is 0 Å². The van der Waals surface area contributed by atoms with E-state index in [-0.39, 0.29) is 0 Å². The van der Waals surface area contributed by atoms with Crippen molar-refractivity contribution in [3.05, 3.63) is 170 Å². The van der Waals surface area contributed by atoms with Crippen LogP contribution in [0.2, 0.25) is 0 Å². The van der Waals surface area contributed by atoms with Crippen LogP contribution in [0.25, 0.3) is 88.9 Å². The lowest BCUT2D eigenvalue weighted by Gasteiger charge is -2.13. The lowest BCUT2D eigenvalue weighted by atomic mass is 9.96. The fourth-order valence-corrected chi connectivity index (χ4v) is 6.46. The third kappa shape index (κ3) is 5.06. The highest BCUT2D eigenvalue weighted by molar-refractivity contribution is 6.10. The molecule has 3 heterocycles. The topological polar surface area (TPSA) is 51.6 Å². The van der Waals surface area contributed by atoms with Gasteiger partial charge in [0.2, 0.25) is 0 Å². The monoisotopic (exact) mass is 612 g/mol. The third-order valence-electron chi connectivity index (χ3n) is 8.91. The minimum Gasteiger partial charge on any atom is -0.256 e. The average Bonchev–Trinajstić information content (AvgIpc) is 3.18. The SMILES string of the molecule is c1ccc(-c2nc(-c3ccccc3)c3ccc4ccc(-c5cccc(-c6cccc(-c7ccc8cccnc8c7)n6)c5)cc4c3n2)cc1. The summed E-state index contributed by atoms with van der Waals surface area (Å²) in [4.78, 5) is 19.9. The van der Waals surface area contributed by atoms with Crippen molar-refractivity contribution in [3.8, 4) is 56.3 Å². The molecule has 9 aromatic rings. The molecule has 48 heavy (non-hydrogen) atoms. The van der Waals surface area contributed by atoms with Crippen LogP contribution in [-0.4, -0.2) is 19.9 Å². The third-order valence-corrected chi connectivity index (χ3v) is 8.91. The standard InChI is InChI=1S/C44H28N4/c1-3-10-31(11-4-1)42-37-24-23-29-19-21-34(27-38(29)43(37)48-44(47-42)32-12-5-2-6-13-32)33-14-7-15-35(26-33)39-17-8-18-40(46-39)36-22-20-30-16-9-25-45-41(30)28-36/h1-28H. The van der Waals surface area contributed by atoms with E-state index in [4.69, 9.17) is 15.0 Å². The van der Waals surface area contributed by atoms with Gasteiger partial charge in [0.25, 0.3) is 0 Å². The van der Waals surface area contributed by atoms with Crippen molar-refractivity contribution >= 4 is 32.6 Å². The molecule has 0 bridgehead atoms. The first-order valence-corrected chi connectivity index (χ1v) is 16.1. The van der Waals surface area contributed by atoms with Crippen LogP contribution < -0.4 is 0 Å².